The Hall–Kier alpha value is -1.06. The second-order valence-corrected chi connectivity index (χ2v) is 8.16. The van der Waals surface area contributed by atoms with Crippen LogP contribution in [0.1, 0.15) is 61.6 Å². The molecule has 2 saturated carbocycles. The lowest BCUT2D eigenvalue weighted by molar-refractivity contribution is -0.0229. The summed E-state index contributed by atoms with van der Waals surface area (Å²) >= 11 is 0. The molecule has 0 unspecified atom stereocenters. The van der Waals surface area contributed by atoms with Gasteiger partial charge in [-0.2, -0.15) is 0 Å². The lowest BCUT2D eigenvalue weighted by atomic mass is 9.55. The fourth-order valence-corrected chi connectivity index (χ4v) is 6.06. The molecule has 3 nitrogen and oxygen atoms in total. The number of ether oxygens (including phenoxy) is 1. The van der Waals surface area contributed by atoms with E-state index in [4.69, 9.17) is 4.74 Å². The highest BCUT2D eigenvalue weighted by atomic mass is 16.5. The minimum absolute atomic E-state index is 0.117. The molecule has 2 fully saturated rings. The first-order valence-electron chi connectivity index (χ1n) is 9.06. The maximum Gasteiger partial charge on any atom is 0.116 e. The van der Waals surface area contributed by atoms with Crippen molar-refractivity contribution in [1.29, 1.82) is 0 Å². The number of fused-ring (bicyclic) bond motifs is 5. The largest absolute Gasteiger partial charge is 0.508 e. The minimum Gasteiger partial charge on any atom is -0.508 e. The molecule has 23 heavy (non-hydrogen) atoms. The Morgan fingerprint density at radius 1 is 1.22 bits per heavy atom. The van der Waals surface area contributed by atoms with Crippen molar-refractivity contribution in [2.24, 2.45) is 17.3 Å². The molecule has 2 N–H and O–H groups in total. The van der Waals surface area contributed by atoms with E-state index in [1.165, 1.54) is 29.5 Å². The zero-order valence-electron chi connectivity index (χ0n) is 14.2. The SMILES string of the molecule is COCc1cc(O)cc2c1[C@H]1CC[C@]3(C)[C@@H](O)CC[C@H]3[C@@H]1CC2. The van der Waals surface area contributed by atoms with Crippen LogP contribution < -0.4 is 0 Å². The summed E-state index contributed by atoms with van der Waals surface area (Å²) in [6.45, 7) is 2.89. The fourth-order valence-electron chi connectivity index (χ4n) is 6.06. The number of hydrogen-bond acceptors (Lipinski definition) is 3. The summed E-state index contributed by atoms with van der Waals surface area (Å²) < 4.78 is 5.40. The third kappa shape index (κ3) is 2.24. The van der Waals surface area contributed by atoms with Gasteiger partial charge in [-0.25, -0.2) is 0 Å². The summed E-state index contributed by atoms with van der Waals surface area (Å²) in [5.74, 6) is 2.27. The van der Waals surface area contributed by atoms with Crippen LogP contribution in [0.2, 0.25) is 0 Å². The Balaban J connectivity index is 1.74. The van der Waals surface area contributed by atoms with Crippen molar-refractivity contribution in [3.8, 4) is 5.75 Å². The number of hydrogen-bond donors (Lipinski definition) is 2. The lowest BCUT2D eigenvalue weighted by Gasteiger charge is -2.50. The zero-order chi connectivity index (χ0) is 16.2. The van der Waals surface area contributed by atoms with Gasteiger partial charge in [0.2, 0.25) is 0 Å². The molecule has 5 atom stereocenters. The third-order valence-electron chi connectivity index (χ3n) is 7.14. The summed E-state index contributed by atoms with van der Waals surface area (Å²) in [5, 5.41) is 20.5. The van der Waals surface area contributed by atoms with Crippen LogP contribution in [0.3, 0.4) is 0 Å². The second kappa shape index (κ2) is 5.49. The van der Waals surface area contributed by atoms with E-state index in [1.807, 2.05) is 12.1 Å². The van der Waals surface area contributed by atoms with Crippen molar-refractivity contribution in [3.63, 3.8) is 0 Å². The van der Waals surface area contributed by atoms with Gasteiger partial charge in [-0.3, -0.25) is 0 Å². The van der Waals surface area contributed by atoms with Crippen LogP contribution in [0.4, 0.5) is 0 Å². The number of rotatable bonds is 2. The standard InChI is InChI=1S/C20H28O3/c1-20-8-7-16-15(17(20)5-6-18(20)22)4-3-12-9-14(21)10-13(11-23-2)19(12)16/h9-10,15-18,21-22H,3-8,11H2,1-2H3/t15-,16+,17+,18+,20+/m1/s1. The molecule has 0 amide bonds. The molecule has 1 aromatic rings. The lowest BCUT2D eigenvalue weighted by Crippen LogP contribution is -2.44. The highest BCUT2D eigenvalue weighted by molar-refractivity contribution is 5.46. The molecular weight excluding hydrogens is 288 g/mol. The summed E-state index contributed by atoms with van der Waals surface area (Å²) in [7, 11) is 1.72. The van der Waals surface area contributed by atoms with Gasteiger partial charge in [0.1, 0.15) is 5.75 Å². The van der Waals surface area contributed by atoms with Crippen molar-refractivity contribution in [1.82, 2.24) is 0 Å². The molecule has 0 heterocycles. The summed E-state index contributed by atoms with van der Waals surface area (Å²) in [6.07, 6.45) is 6.54. The molecule has 3 aliphatic rings. The van der Waals surface area contributed by atoms with E-state index in [0.717, 1.165) is 25.7 Å². The average Bonchev–Trinajstić information content (AvgIpc) is 2.82. The Kier molecular flexibility index (Phi) is 3.69. The molecule has 0 aliphatic heterocycles. The van der Waals surface area contributed by atoms with Crippen molar-refractivity contribution in [3.05, 3.63) is 28.8 Å². The van der Waals surface area contributed by atoms with Gasteiger partial charge in [-0.05, 0) is 90.5 Å². The number of methoxy groups -OCH3 is 1. The second-order valence-electron chi connectivity index (χ2n) is 8.16. The van der Waals surface area contributed by atoms with Crippen LogP contribution >= 0.6 is 0 Å². The van der Waals surface area contributed by atoms with Crippen LogP contribution in [0.25, 0.3) is 0 Å². The predicted molar refractivity (Wildman–Crippen MR) is 89.4 cm³/mol. The maximum atomic E-state index is 10.5. The van der Waals surface area contributed by atoms with Crippen LogP contribution in [0.5, 0.6) is 5.75 Å². The van der Waals surface area contributed by atoms with Crippen molar-refractivity contribution in [2.45, 2.75) is 64.1 Å². The highest BCUT2D eigenvalue weighted by Crippen LogP contribution is 2.61. The first kappa shape index (κ1) is 15.5. The normalized spacial score (nSPS) is 38.7. The van der Waals surface area contributed by atoms with E-state index in [0.29, 0.717) is 30.1 Å². The highest BCUT2D eigenvalue weighted by Gasteiger charge is 2.54. The molecule has 0 saturated heterocycles. The van der Waals surface area contributed by atoms with E-state index in [-0.39, 0.29) is 11.5 Å². The van der Waals surface area contributed by atoms with E-state index in [9.17, 15) is 10.2 Å². The van der Waals surface area contributed by atoms with Crippen LogP contribution in [0.15, 0.2) is 12.1 Å². The first-order chi connectivity index (χ1) is 11.0. The van der Waals surface area contributed by atoms with Crippen molar-refractivity contribution >= 4 is 0 Å². The third-order valence-corrected chi connectivity index (χ3v) is 7.14. The number of benzene rings is 1. The molecule has 3 heteroatoms. The number of phenolic OH excluding ortho intramolecular Hbond substituents is 1. The first-order valence-corrected chi connectivity index (χ1v) is 9.06. The zero-order valence-corrected chi connectivity index (χ0v) is 14.2. The van der Waals surface area contributed by atoms with Crippen LogP contribution in [0, 0.1) is 17.3 Å². The monoisotopic (exact) mass is 316 g/mol. The summed E-state index contributed by atoms with van der Waals surface area (Å²) in [5.41, 5.74) is 4.06. The number of aliphatic hydroxyl groups is 1. The summed E-state index contributed by atoms with van der Waals surface area (Å²) in [6, 6.07) is 3.85. The number of aryl methyl sites for hydroxylation is 1. The average molecular weight is 316 g/mol. The molecule has 0 radical (unpaired) electrons. The maximum absolute atomic E-state index is 10.5. The molecule has 0 spiro atoms. The predicted octanol–water partition coefficient (Wildman–Crippen LogP) is 3.76. The fraction of sp³-hybridized carbons (Fsp3) is 0.700. The molecule has 126 valence electrons. The number of phenols is 1. The van der Waals surface area contributed by atoms with E-state index in [2.05, 4.69) is 6.92 Å². The minimum atomic E-state index is -0.117. The van der Waals surface area contributed by atoms with Crippen molar-refractivity contribution < 1.29 is 14.9 Å². The van der Waals surface area contributed by atoms with Gasteiger partial charge in [-0.1, -0.05) is 6.92 Å². The number of aromatic hydroxyl groups is 1. The molecule has 0 aromatic heterocycles. The van der Waals surface area contributed by atoms with Gasteiger partial charge in [0.05, 0.1) is 12.7 Å². The van der Waals surface area contributed by atoms with Gasteiger partial charge in [0.25, 0.3) is 0 Å². The van der Waals surface area contributed by atoms with E-state index < -0.39 is 0 Å². The Labute approximate surface area is 138 Å². The quantitative estimate of drug-likeness (QED) is 0.873. The molecule has 3 aliphatic carbocycles. The van der Waals surface area contributed by atoms with Crippen LogP contribution in [-0.2, 0) is 17.8 Å². The Morgan fingerprint density at radius 3 is 2.83 bits per heavy atom. The topological polar surface area (TPSA) is 49.7 Å². The van der Waals surface area contributed by atoms with Gasteiger partial charge in [-0.15, -0.1) is 0 Å². The summed E-state index contributed by atoms with van der Waals surface area (Å²) in [4.78, 5) is 0. The van der Waals surface area contributed by atoms with Crippen molar-refractivity contribution in [2.75, 3.05) is 7.11 Å². The molecular formula is C20H28O3. The Bertz CT molecular complexity index is 611. The van der Waals surface area contributed by atoms with E-state index in [1.54, 1.807) is 7.11 Å². The molecule has 0 bridgehead atoms. The molecule has 4 rings (SSSR count). The molecule has 1 aromatic carbocycles. The van der Waals surface area contributed by atoms with Gasteiger partial charge in [0.15, 0.2) is 0 Å². The van der Waals surface area contributed by atoms with Crippen LogP contribution in [-0.4, -0.2) is 23.4 Å². The number of aliphatic hydroxyl groups excluding tert-OH is 1. The van der Waals surface area contributed by atoms with Gasteiger partial charge < -0.3 is 14.9 Å². The van der Waals surface area contributed by atoms with Gasteiger partial charge in [0, 0.05) is 7.11 Å². The van der Waals surface area contributed by atoms with E-state index >= 15 is 0 Å². The van der Waals surface area contributed by atoms with Gasteiger partial charge >= 0.3 is 0 Å². The smallest absolute Gasteiger partial charge is 0.116 e. The Morgan fingerprint density at radius 2 is 2.04 bits per heavy atom.